The third-order valence-corrected chi connectivity index (χ3v) is 10.7. The van der Waals surface area contributed by atoms with Gasteiger partial charge in [-0.2, -0.15) is 8.42 Å². The van der Waals surface area contributed by atoms with Gasteiger partial charge in [0, 0.05) is 6.42 Å². The number of unbranched alkanes of at least 4 members (excludes halogenated alkanes) is 22. The summed E-state index contributed by atoms with van der Waals surface area (Å²) >= 11 is 0. The van der Waals surface area contributed by atoms with E-state index >= 15 is 0 Å². The Morgan fingerprint density at radius 3 is 1.69 bits per heavy atom. The van der Waals surface area contributed by atoms with E-state index in [9.17, 15) is 33.6 Å². The molecule has 1 amide bonds. The molecule has 0 aromatic carbocycles. The maximum Gasteiger partial charge on any atom is 0.397 e. The molecular formula is C42H79NO11S. The van der Waals surface area contributed by atoms with Crippen molar-refractivity contribution in [1.29, 1.82) is 0 Å². The van der Waals surface area contributed by atoms with Crippen LogP contribution in [0.4, 0.5) is 0 Å². The van der Waals surface area contributed by atoms with Gasteiger partial charge >= 0.3 is 10.4 Å². The van der Waals surface area contributed by atoms with Crippen molar-refractivity contribution >= 4 is 16.3 Å². The quantitative estimate of drug-likeness (QED) is 0.0206. The number of carbonyl (C=O) groups excluding carboxylic acids is 1. The molecule has 1 fully saturated rings. The summed E-state index contributed by atoms with van der Waals surface area (Å²) < 4.78 is 47.5. The monoisotopic (exact) mass is 806 g/mol. The van der Waals surface area contributed by atoms with Gasteiger partial charge in [-0.1, -0.05) is 160 Å². The van der Waals surface area contributed by atoms with E-state index in [-0.39, 0.29) is 18.9 Å². The number of aliphatic hydroxyl groups excluding tert-OH is 4. The minimum atomic E-state index is -5.08. The maximum absolute atomic E-state index is 12.9. The molecule has 13 heteroatoms. The zero-order valence-corrected chi connectivity index (χ0v) is 35.1. The SMILES string of the molecule is CCCC/C=C\CCCCCCCC(=O)NC(COC1OC(CO)C(O)C(OS(=O)(=O)O)C1O)C(O)/C=C/CCCCCCCCCCCCCCCCC. The van der Waals surface area contributed by atoms with E-state index in [1.165, 1.54) is 96.3 Å². The number of hydrogen-bond donors (Lipinski definition) is 6. The summed E-state index contributed by atoms with van der Waals surface area (Å²) in [6, 6.07) is -0.944. The van der Waals surface area contributed by atoms with E-state index in [0.717, 1.165) is 57.8 Å². The lowest BCUT2D eigenvalue weighted by atomic mass is 9.99. The van der Waals surface area contributed by atoms with Crippen molar-refractivity contribution in [3.63, 3.8) is 0 Å². The Bertz CT molecular complexity index is 1090. The molecule has 0 bridgehead atoms. The average Bonchev–Trinajstić information content (AvgIpc) is 3.15. The summed E-state index contributed by atoms with van der Waals surface area (Å²) in [6.07, 6.45) is 27.9. The van der Waals surface area contributed by atoms with Crippen molar-refractivity contribution in [3.8, 4) is 0 Å². The molecule has 0 aromatic rings. The summed E-state index contributed by atoms with van der Waals surface area (Å²) in [5.74, 6) is -0.274. The van der Waals surface area contributed by atoms with E-state index in [1.807, 2.05) is 6.08 Å². The molecule has 0 radical (unpaired) electrons. The van der Waals surface area contributed by atoms with Crippen LogP contribution in [-0.2, 0) is 28.9 Å². The highest BCUT2D eigenvalue weighted by Gasteiger charge is 2.48. The molecule has 1 aliphatic heterocycles. The number of amides is 1. The molecule has 1 saturated heterocycles. The number of rotatable bonds is 36. The first-order chi connectivity index (χ1) is 26.5. The van der Waals surface area contributed by atoms with E-state index < -0.39 is 59.9 Å². The van der Waals surface area contributed by atoms with Crippen molar-refractivity contribution in [1.82, 2.24) is 5.32 Å². The van der Waals surface area contributed by atoms with Crippen molar-refractivity contribution < 1.29 is 51.8 Å². The van der Waals surface area contributed by atoms with Crippen LogP contribution in [0.2, 0.25) is 0 Å². The highest BCUT2D eigenvalue weighted by Crippen LogP contribution is 2.26. The maximum atomic E-state index is 12.9. The second-order valence-electron chi connectivity index (χ2n) is 15.3. The molecule has 1 heterocycles. The summed E-state index contributed by atoms with van der Waals surface area (Å²) in [6.45, 7) is 3.32. The number of ether oxygens (including phenoxy) is 2. The van der Waals surface area contributed by atoms with Crippen molar-refractivity contribution in [2.45, 2.75) is 224 Å². The van der Waals surface area contributed by atoms with Gasteiger partial charge in [-0.05, 0) is 38.5 Å². The van der Waals surface area contributed by atoms with Gasteiger partial charge in [-0.25, -0.2) is 4.18 Å². The zero-order chi connectivity index (χ0) is 40.6. The number of hydrogen-bond acceptors (Lipinski definition) is 10. The molecule has 0 aliphatic carbocycles. The lowest BCUT2D eigenvalue weighted by molar-refractivity contribution is -0.298. The highest BCUT2D eigenvalue weighted by atomic mass is 32.3. The van der Waals surface area contributed by atoms with Gasteiger partial charge in [0.05, 0.1) is 25.4 Å². The standard InChI is InChI=1S/C42H79NO11S/c1-3-5-7-9-11-13-15-16-17-18-19-20-22-23-25-27-29-31-36(45)35(43-38(46)32-30-28-26-24-21-14-12-10-8-6-4-2)34-52-42-40(48)41(54-55(49,50)51)39(47)37(33-44)53-42/h10,12,29,31,35-37,39-42,44-45,47-48H,3-9,11,13-28,30,32-34H2,1-2H3,(H,43,46)(H,49,50,51)/b12-10-,31-29+. The normalized spacial score (nSPS) is 21.8. The largest absolute Gasteiger partial charge is 0.397 e. The number of carbonyl (C=O) groups is 1. The molecule has 0 aromatic heterocycles. The number of aliphatic hydroxyl groups is 4. The first-order valence-electron chi connectivity index (χ1n) is 21.7. The third-order valence-electron chi connectivity index (χ3n) is 10.2. The molecule has 55 heavy (non-hydrogen) atoms. The van der Waals surface area contributed by atoms with Gasteiger partial charge in [0.1, 0.15) is 24.4 Å². The second kappa shape index (κ2) is 33.5. The lowest BCUT2D eigenvalue weighted by Gasteiger charge is -2.41. The Balaban J connectivity index is 2.56. The molecule has 7 atom stereocenters. The van der Waals surface area contributed by atoms with Crippen LogP contribution in [-0.4, -0.2) is 95.4 Å². The molecule has 7 unspecified atom stereocenters. The van der Waals surface area contributed by atoms with Crippen LogP contribution < -0.4 is 5.32 Å². The van der Waals surface area contributed by atoms with E-state index in [4.69, 9.17) is 14.0 Å². The van der Waals surface area contributed by atoms with E-state index in [2.05, 4.69) is 35.5 Å². The predicted octanol–water partition coefficient (Wildman–Crippen LogP) is 7.77. The van der Waals surface area contributed by atoms with Crippen LogP contribution in [0.5, 0.6) is 0 Å². The minimum absolute atomic E-state index is 0.259. The highest BCUT2D eigenvalue weighted by molar-refractivity contribution is 7.80. The van der Waals surface area contributed by atoms with E-state index in [0.29, 0.717) is 6.42 Å². The Hall–Kier alpha value is -1.42. The third kappa shape index (κ3) is 27.0. The zero-order valence-electron chi connectivity index (χ0n) is 34.2. The fourth-order valence-electron chi connectivity index (χ4n) is 6.79. The van der Waals surface area contributed by atoms with Crippen LogP contribution in [0.1, 0.15) is 181 Å². The van der Waals surface area contributed by atoms with E-state index in [1.54, 1.807) is 6.08 Å². The van der Waals surface area contributed by atoms with Crippen molar-refractivity contribution in [2.75, 3.05) is 13.2 Å². The number of nitrogens with one attached hydrogen (secondary N) is 1. The fraction of sp³-hybridized carbons (Fsp3) is 0.881. The van der Waals surface area contributed by atoms with Crippen LogP contribution in [0, 0.1) is 0 Å². The van der Waals surface area contributed by atoms with Crippen LogP contribution >= 0.6 is 0 Å². The second-order valence-corrected chi connectivity index (χ2v) is 16.3. The van der Waals surface area contributed by atoms with Gasteiger partial charge in [0.2, 0.25) is 5.91 Å². The average molecular weight is 806 g/mol. The summed E-state index contributed by atoms with van der Waals surface area (Å²) in [4.78, 5) is 12.9. The molecule has 1 rings (SSSR count). The fourth-order valence-corrected chi connectivity index (χ4v) is 7.30. The molecule has 6 N–H and O–H groups in total. The van der Waals surface area contributed by atoms with Crippen LogP contribution in [0.3, 0.4) is 0 Å². The first kappa shape index (κ1) is 51.6. The smallest absolute Gasteiger partial charge is 0.394 e. The minimum Gasteiger partial charge on any atom is -0.394 e. The lowest BCUT2D eigenvalue weighted by Crippen LogP contribution is -2.61. The summed E-state index contributed by atoms with van der Waals surface area (Å²) in [7, 11) is -5.08. The van der Waals surface area contributed by atoms with Crippen molar-refractivity contribution in [3.05, 3.63) is 24.3 Å². The Kier molecular flexibility index (Phi) is 31.5. The first-order valence-corrected chi connectivity index (χ1v) is 23.1. The Morgan fingerprint density at radius 2 is 1.18 bits per heavy atom. The molecule has 0 spiro atoms. The number of allylic oxidation sites excluding steroid dienone is 3. The Labute approximate surface area is 333 Å². The molecular weight excluding hydrogens is 727 g/mol. The molecule has 0 saturated carbocycles. The van der Waals surface area contributed by atoms with Crippen molar-refractivity contribution in [2.24, 2.45) is 0 Å². The van der Waals surface area contributed by atoms with Gasteiger partial charge in [-0.15, -0.1) is 0 Å². The summed E-state index contributed by atoms with van der Waals surface area (Å²) in [5, 5.41) is 44.6. The van der Waals surface area contributed by atoms with Crippen LogP contribution in [0.15, 0.2) is 24.3 Å². The topological polar surface area (TPSA) is 192 Å². The Morgan fingerprint density at radius 1 is 0.709 bits per heavy atom. The summed E-state index contributed by atoms with van der Waals surface area (Å²) in [5.41, 5.74) is 0. The van der Waals surface area contributed by atoms with Gasteiger partial charge in [-0.3, -0.25) is 9.35 Å². The van der Waals surface area contributed by atoms with Gasteiger partial charge < -0.3 is 35.2 Å². The van der Waals surface area contributed by atoms with Crippen LogP contribution in [0.25, 0.3) is 0 Å². The predicted molar refractivity (Wildman–Crippen MR) is 218 cm³/mol. The van der Waals surface area contributed by atoms with Gasteiger partial charge in [0.15, 0.2) is 6.29 Å². The molecule has 1 aliphatic rings. The molecule has 324 valence electrons. The van der Waals surface area contributed by atoms with Gasteiger partial charge in [0.25, 0.3) is 0 Å². The molecule has 12 nitrogen and oxygen atoms in total.